The summed E-state index contributed by atoms with van der Waals surface area (Å²) in [6.07, 6.45) is 0. The molecule has 1 aromatic carbocycles. The van der Waals surface area contributed by atoms with Crippen LogP contribution in [0.1, 0.15) is 13.8 Å². The number of nitrogens with zero attached hydrogens (tertiary/aromatic N) is 1. The highest BCUT2D eigenvalue weighted by atomic mass is 35.5. The van der Waals surface area contributed by atoms with Gasteiger partial charge in [0.15, 0.2) is 5.96 Å². The minimum atomic E-state index is 0.322. The van der Waals surface area contributed by atoms with Crippen LogP contribution in [-0.2, 0) is 0 Å². The predicted octanol–water partition coefficient (Wildman–Crippen LogP) is 2.74. The Morgan fingerprint density at radius 2 is 2.06 bits per heavy atom. The molecule has 5 heteroatoms. The van der Waals surface area contributed by atoms with E-state index in [4.69, 9.17) is 17.3 Å². The first-order valence-corrected chi connectivity index (χ1v) is 6.89. The lowest BCUT2D eigenvalue weighted by molar-refractivity contribution is 0.725. The van der Waals surface area contributed by atoms with E-state index in [1.807, 2.05) is 38.1 Å². The largest absolute Gasteiger partial charge is 0.370 e. The zero-order valence-corrected chi connectivity index (χ0v) is 11.7. The molecule has 0 atom stereocenters. The van der Waals surface area contributed by atoms with Gasteiger partial charge in [0, 0.05) is 21.7 Å². The molecule has 94 valence electrons. The van der Waals surface area contributed by atoms with E-state index in [1.54, 1.807) is 11.8 Å². The van der Waals surface area contributed by atoms with Crippen molar-refractivity contribution in [2.45, 2.75) is 24.8 Å². The van der Waals surface area contributed by atoms with E-state index in [1.165, 1.54) is 4.90 Å². The molecule has 3 nitrogen and oxygen atoms in total. The molecule has 0 heterocycles. The Bertz CT molecular complexity index is 363. The second kappa shape index (κ2) is 7.45. The fourth-order valence-corrected chi connectivity index (χ4v) is 2.07. The molecule has 3 N–H and O–H groups in total. The summed E-state index contributed by atoms with van der Waals surface area (Å²) in [7, 11) is 0. The van der Waals surface area contributed by atoms with Crippen LogP contribution in [0.15, 0.2) is 34.2 Å². The van der Waals surface area contributed by atoms with E-state index < -0.39 is 0 Å². The average Bonchev–Trinajstić information content (AvgIpc) is 2.26. The molecule has 0 aromatic heterocycles. The van der Waals surface area contributed by atoms with Gasteiger partial charge in [-0.25, -0.2) is 0 Å². The first-order chi connectivity index (χ1) is 8.08. The molecule has 0 aliphatic heterocycles. The summed E-state index contributed by atoms with van der Waals surface area (Å²) < 4.78 is 0. The third-order valence-electron chi connectivity index (χ3n) is 1.89. The molecule has 0 radical (unpaired) electrons. The van der Waals surface area contributed by atoms with Gasteiger partial charge in [-0.1, -0.05) is 11.6 Å². The van der Waals surface area contributed by atoms with Gasteiger partial charge in [-0.15, -0.1) is 11.8 Å². The highest BCUT2D eigenvalue weighted by Crippen LogP contribution is 2.19. The topological polar surface area (TPSA) is 50.4 Å². The van der Waals surface area contributed by atoms with Crippen LogP contribution in [0, 0.1) is 0 Å². The summed E-state index contributed by atoms with van der Waals surface area (Å²) in [6, 6.07) is 8.12. The lowest BCUT2D eigenvalue weighted by Gasteiger charge is -2.08. The number of nitrogens with two attached hydrogens (primary N) is 1. The van der Waals surface area contributed by atoms with Gasteiger partial charge in [0.05, 0.1) is 6.54 Å². The van der Waals surface area contributed by atoms with Crippen molar-refractivity contribution in [3.63, 3.8) is 0 Å². The first-order valence-electron chi connectivity index (χ1n) is 5.53. The number of hydrogen-bond donors (Lipinski definition) is 2. The number of guanidine groups is 1. The number of benzene rings is 1. The number of hydrogen-bond acceptors (Lipinski definition) is 2. The molecule has 0 bridgehead atoms. The molecule has 0 fully saturated rings. The summed E-state index contributed by atoms with van der Waals surface area (Å²) in [6.45, 7) is 4.77. The van der Waals surface area contributed by atoms with Crippen molar-refractivity contribution < 1.29 is 0 Å². The van der Waals surface area contributed by atoms with Crippen molar-refractivity contribution in [1.29, 1.82) is 0 Å². The molecular formula is C12H18ClN3S. The van der Waals surface area contributed by atoms with Gasteiger partial charge in [0.1, 0.15) is 0 Å². The van der Waals surface area contributed by atoms with Gasteiger partial charge >= 0.3 is 0 Å². The van der Waals surface area contributed by atoms with Crippen molar-refractivity contribution in [3.05, 3.63) is 29.3 Å². The number of rotatable bonds is 5. The quantitative estimate of drug-likeness (QED) is 0.375. The van der Waals surface area contributed by atoms with Crippen LogP contribution in [0.2, 0.25) is 5.02 Å². The standard InChI is InChI=1S/C12H18ClN3S/c1-9(2)16-12(14)15-7-8-17-11-5-3-10(13)4-6-11/h3-6,9H,7-8H2,1-2H3,(H3,14,15,16). The van der Waals surface area contributed by atoms with E-state index in [-0.39, 0.29) is 0 Å². The maximum Gasteiger partial charge on any atom is 0.188 e. The fraction of sp³-hybridized carbons (Fsp3) is 0.417. The molecule has 1 aromatic rings. The van der Waals surface area contributed by atoms with Crippen molar-refractivity contribution in [2.24, 2.45) is 10.7 Å². The van der Waals surface area contributed by atoms with E-state index in [9.17, 15) is 0 Å². The molecule has 0 aliphatic carbocycles. The molecule has 0 aliphatic rings. The Kier molecular flexibility index (Phi) is 6.22. The Morgan fingerprint density at radius 3 is 2.65 bits per heavy atom. The van der Waals surface area contributed by atoms with Crippen molar-refractivity contribution >= 4 is 29.3 Å². The lowest BCUT2D eigenvalue weighted by atomic mass is 10.4. The molecule has 17 heavy (non-hydrogen) atoms. The monoisotopic (exact) mass is 271 g/mol. The minimum absolute atomic E-state index is 0.322. The molecule has 0 unspecified atom stereocenters. The van der Waals surface area contributed by atoms with E-state index >= 15 is 0 Å². The van der Waals surface area contributed by atoms with Crippen LogP contribution >= 0.6 is 23.4 Å². The normalized spacial score (nSPS) is 11.9. The maximum absolute atomic E-state index is 5.81. The molecule has 1 rings (SSSR count). The zero-order valence-electron chi connectivity index (χ0n) is 10.1. The second-order valence-electron chi connectivity index (χ2n) is 3.87. The second-order valence-corrected chi connectivity index (χ2v) is 5.47. The molecule has 0 spiro atoms. The number of halogens is 1. The predicted molar refractivity (Wildman–Crippen MR) is 76.9 cm³/mol. The van der Waals surface area contributed by atoms with Gasteiger partial charge in [-0.2, -0.15) is 0 Å². The van der Waals surface area contributed by atoms with Gasteiger partial charge in [-0.05, 0) is 38.1 Å². The first kappa shape index (κ1) is 14.2. The van der Waals surface area contributed by atoms with Crippen LogP contribution in [0.5, 0.6) is 0 Å². The van der Waals surface area contributed by atoms with E-state index in [0.717, 1.165) is 10.8 Å². The Morgan fingerprint density at radius 1 is 1.41 bits per heavy atom. The number of aliphatic imine (C=N–C) groups is 1. The summed E-state index contributed by atoms with van der Waals surface area (Å²) in [5.74, 6) is 1.42. The molecule has 0 amide bonds. The average molecular weight is 272 g/mol. The SMILES string of the molecule is CC(C)NC(N)=NCCSc1ccc(Cl)cc1. The summed E-state index contributed by atoms with van der Waals surface area (Å²) in [5.41, 5.74) is 5.69. The van der Waals surface area contributed by atoms with Crippen LogP contribution in [0.3, 0.4) is 0 Å². The Labute approximate surface area is 112 Å². The highest BCUT2D eigenvalue weighted by molar-refractivity contribution is 7.99. The smallest absolute Gasteiger partial charge is 0.188 e. The highest BCUT2D eigenvalue weighted by Gasteiger charge is 1.96. The summed E-state index contributed by atoms with van der Waals surface area (Å²) in [4.78, 5) is 5.43. The van der Waals surface area contributed by atoms with Crippen molar-refractivity contribution in [1.82, 2.24) is 5.32 Å². The van der Waals surface area contributed by atoms with Gasteiger partial charge in [0.2, 0.25) is 0 Å². The Balaban J connectivity index is 2.26. The minimum Gasteiger partial charge on any atom is -0.370 e. The fourth-order valence-electron chi connectivity index (χ4n) is 1.20. The number of thioether (sulfide) groups is 1. The van der Waals surface area contributed by atoms with E-state index in [0.29, 0.717) is 18.5 Å². The van der Waals surface area contributed by atoms with Crippen molar-refractivity contribution in [2.75, 3.05) is 12.3 Å². The third kappa shape index (κ3) is 6.44. The van der Waals surface area contributed by atoms with Crippen molar-refractivity contribution in [3.8, 4) is 0 Å². The van der Waals surface area contributed by atoms with Gasteiger partial charge in [0.25, 0.3) is 0 Å². The molecule has 0 saturated carbocycles. The van der Waals surface area contributed by atoms with Gasteiger partial charge in [-0.3, -0.25) is 4.99 Å². The van der Waals surface area contributed by atoms with Crippen LogP contribution in [0.4, 0.5) is 0 Å². The number of nitrogens with one attached hydrogen (secondary N) is 1. The summed E-state index contributed by atoms with van der Waals surface area (Å²) in [5, 5.41) is 3.81. The molecule has 0 saturated heterocycles. The van der Waals surface area contributed by atoms with E-state index in [2.05, 4.69) is 10.3 Å². The van der Waals surface area contributed by atoms with Crippen LogP contribution < -0.4 is 11.1 Å². The van der Waals surface area contributed by atoms with Crippen LogP contribution in [0.25, 0.3) is 0 Å². The molecular weight excluding hydrogens is 254 g/mol. The zero-order chi connectivity index (χ0) is 12.7. The lowest BCUT2D eigenvalue weighted by Crippen LogP contribution is -2.36. The maximum atomic E-state index is 5.81. The van der Waals surface area contributed by atoms with Gasteiger partial charge < -0.3 is 11.1 Å². The summed E-state index contributed by atoms with van der Waals surface area (Å²) >= 11 is 7.55. The Hall–Kier alpha value is -0.870. The van der Waals surface area contributed by atoms with Crippen LogP contribution in [-0.4, -0.2) is 24.3 Å². The third-order valence-corrected chi connectivity index (χ3v) is 3.14.